The Balaban J connectivity index is 1.89. The maximum atomic E-state index is 11.0. The number of benzene rings is 1. The molecule has 1 aliphatic carbocycles. The summed E-state index contributed by atoms with van der Waals surface area (Å²) in [6.45, 7) is 0. The third kappa shape index (κ3) is 2.54. The molecule has 0 spiro atoms. The minimum atomic E-state index is -0.894. The van der Waals surface area contributed by atoms with E-state index in [1.54, 1.807) is 29.5 Å². The second-order valence-corrected chi connectivity index (χ2v) is 5.80. The molecule has 1 heterocycles. The van der Waals surface area contributed by atoms with Gasteiger partial charge in [-0.1, -0.05) is 25.0 Å². The van der Waals surface area contributed by atoms with Crippen LogP contribution in [0.15, 0.2) is 29.6 Å². The standard InChI is InChI=1S/C15H15NO2S/c17-15(18)12-7-3-6-11(8-12)14-16-13(9-19-14)10-4-1-2-5-10/h3,6-10H,1-2,4-5H2,(H,17,18). The van der Waals surface area contributed by atoms with Gasteiger partial charge in [0.15, 0.2) is 0 Å². The largest absolute Gasteiger partial charge is 0.478 e. The van der Waals surface area contributed by atoms with Gasteiger partial charge in [0.25, 0.3) is 0 Å². The third-order valence-electron chi connectivity index (χ3n) is 3.65. The van der Waals surface area contributed by atoms with Gasteiger partial charge < -0.3 is 5.11 Å². The molecule has 1 N–H and O–H groups in total. The molecule has 1 aromatic heterocycles. The predicted molar refractivity (Wildman–Crippen MR) is 75.7 cm³/mol. The second kappa shape index (κ2) is 5.13. The highest BCUT2D eigenvalue weighted by Crippen LogP contribution is 2.36. The lowest BCUT2D eigenvalue weighted by molar-refractivity contribution is 0.0697. The lowest BCUT2D eigenvalue weighted by Gasteiger charge is -2.03. The van der Waals surface area contributed by atoms with Gasteiger partial charge in [-0.2, -0.15) is 0 Å². The highest BCUT2D eigenvalue weighted by molar-refractivity contribution is 7.13. The maximum Gasteiger partial charge on any atom is 0.335 e. The van der Waals surface area contributed by atoms with E-state index in [0.29, 0.717) is 11.5 Å². The third-order valence-corrected chi connectivity index (χ3v) is 4.56. The van der Waals surface area contributed by atoms with Crippen LogP contribution in [0.4, 0.5) is 0 Å². The molecule has 0 unspecified atom stereocenters. The summed E-state index contributed by atoms with van der Waals surface area (Å²) in [5.74, 6) is -0.290. The van der Waals surface area contributed by atoms with E-state index in [1.165, 1.54) is 31.4 Å². The average Bonchev–Trinajstić information content (AvgIpc) is 3.09. The van der Waals surface area contributed by atoms with Crippen molar-refractivity contribution < 1.29 is 9.90 Å². The number of aromatic nitrogens is 1. The van der Waals surface area contributed by atoms with E-state index in [9.17, 15) is 4.79 Å². The SMILES string of the molecule is O=C(O)c1cccc(-c2nc(C3CCCC3)cs2)c1. The van der Waals surface area contributed by atoms with Gasteiger partial charge in [0, 0.05) is 16.9 Å². The molecule has 19 heavy (non-hydrogen) atoms. The van der Waals surface area contributed by atoms with Crippen LogP contribution in [0.5, 0.6) is 0 Å². The Morgan fingerprint density at radius 3 is 2.84 bits per heavy atom. The topological polar surface area (TPSA) is 50.2 Å². The van der Waals surface area contributed by atoms with Crippen molar-refractivity contribution in [2.24, 2.45) is 0 Å². The number of carboxylic acids is 1. The monoisotopic (exact) mass is 273 g/mol. The number of rotatable bonds is 3. The molecule has 0 amide bonds. The molecule has 0 saturated heterocycles. The molecule has 1 aliphatic rings. The number of nitrogens with zero attached hydrogens (tertiary/aromatic N) is 1. The first-order valence-electron chi connectivity index (χ1n) is 6.53. The van der Waals surface area contributed by atoms with Crippen molar-refractivity contribution in [3.05, 3.63) is 40.9 Å². The zero-order valence-electron chi connectivity index (χ0n) is 10.5. The first-order chi connectivity index (χ1) is 9.24. The normalized spacial score (nSPS) is 15.8. The fourth-order valence-corrected chi connectivity index (χ4v) is 3.51. The summed E-state index contributed by atoms with van der Waals surface area (Å²) in [5, 5.41) is 12.1. The van der Waals surface area contributed by atoms with Crippen molar-refractivity contribution in [3.8, 4) is 10.6 Å². The molecule has 3 rings (SSSR count). The molecule has 1 aromatic carbocycles. The molecule has 1 fully saturated rings. The molecule has 0 atom stereocenters. The van der Waals surface area contributed by atoms with E-state index < -0.39 is 5.97 Å². The van der Waals surface area contributed by atoms with E-state index in [4.69, 9.17) is 5.11 Å². The molecule has 0 radical (unpaired) electrons. The summed E-state index contributed by atoms with van der Waals surface area (Å²) in [7, 11) is 0. The number of thiazole rings is 1. The van der Waals surface area contributed by atoms with Crippen molar-refractivity contribution in [2.45, 2.75) is 31.6 Å². The van der Waals surface area contributed by atoms with Crippen molar-refractivity contribution in [2.75, 3.05) is 0 Å². The minimum absolute atomic E-state index is 0.315. The van der Waals surface area contributed by atoms with E-state index >= 15 is 0 Å². The van der Waals surface area contributed by atoms with Crippen LogP contribution >= 0.6 is 11.3 Å². The Hall–Kier alpha value is -1.68. The van der Waals surface area contributed by atoms with Gasteiger partial charge in [-0.05, 0) is 25.0 Å². The molecule has 4 heteroatoms. The summed E-state index contributed by atoms with van der Waals surface area (Å²) in [5.41, 5.74) is 2.39. The fourth-order valence-electron chi connectivity index (χ4n) is 2.61. The number of carbonyl (C=O) groups is 1. The summed E-state index contributed by atoms with van der Waals surface area (Å²) in [6.07, 6.45) is 5.06. The second-order valence-electron chi connectivity index (χ2n) is 4.94. The Morgan fingerprint density at radius 1 is 1.32 bits per heavy atom. The average molecular weight is 273 g/mol. The summed E-state index contributed by atoms with van der Waals surface area (Å²) >= 11 is 1.61. The Morgan fingerprint density at radius 2 is 2.11 bits per heavy atom. The molecule has 0 bridgehead atoms. The van der Waals surface area contributed by atoms with Crippen molar-refractivity contribution in [1.82, 2.24) is 4.98 Å². The van der Waals surface area contributed by atoms with E-state index in [0.717, 1.165) is 10.6 Å². The number of hydrogen-bond acceptors (Lipinski definition) is 3. The molecule has 98 valence electrons. The van der Waals surface area contributed by atoms with E-state index in [2.05, 4.69) is 10.4 Å². The lowest BCUT2D eigenvalue weighted by atomic mass is 10.1. The van der Waals surface area contributed by atoms with Gasteiger partial charge in [0.05, 0.1) is 11.3 Å². The summed E-state index contributed by atoms with van der Waals surface area (Å²) in [6, 6.07) is 7.00. The van der Waals surface area contributed by atoms with Gasteiger partial charge in [-0.3, -0.25) is 0 Å². The van der Waals surface area contributed by atoms with E-state index in [1.807, 2.05) is 6.07 Å². The van der Waals surface area contributed by atoms with Crippen LogP contribution in [0.3, 0.4) is 0 Å². The first-order valence-corrected chi connectivity index (χ1v) is 7.41. The number of aromatic carboxylic acids is 1. The van der Waals surface area contributed by atoms with E-state index in [-0.39, 0.29) is 0 Å². The van der Waals surface area contributed by atoms with Crippen LogP contribution in [0, 0.1) is 0 Å². The number of hydrogen-bond donors (Lipinski definition) is 1. The van der Waals surface area contributed by atoms with Gasteiger partial charge in [-0.15, -0.1) is 11.3 Å². The molecular formula is C15H15NO2S. The summed E-state index contributed by atoms with van der Waals surface area (Å²) in [4.78, 5) is 15.7. The summed E-state index contributed by atoms with van der Waals surface area (Å²) < 4.78 is 0. The number of carboxylic acid groups (broad SMARTS) is 1. The molecular weight excluding hydrogens is 258 g/mol. The van der Waals surface area contributed by atoms with Crippen LogP contribution in [-0.2, 0) is 0 Å². The van der Waals surface area contributed by atoms with Crippen LogP contribution in [-0.4, -0.2) is 16.1 Å². The smallest absolute Gasteiger partial charge is 0.335 e. The van der Waals surface area contributed by atoms with Gasteiger partial charge in [-0.25, -0.2) is 9.78 Å². The van der Waals surface area contributed by atoms with Crippen molar-refractivity contribution in [3.63, 3.8) is 0 Å². The fraction of sp³-hybridized carbons (Fsp3) is 0.333. The van der Waals surface area contributed by atoms with Crippen LogP contribution < -0.4 is 0 Å². The van der Waals surface area contributed by atoms with Crippen LogP contribution in [0.25, 0.3) is 10.6 Å². The molecule has 0 aliphatic heterocycles. The van der Waals surface area contributed by atoms with Crippen LogP contribution in [0.1, 0.15) is 47.7 Å². The zero-order chi connectivity index (χ0) is 13.2. The highest BCUT2D eigenvalue weighted by Gasteiger charge is 2.20. The molecule has 1 saturated carbocycles. The molecule has 3 nitrogen and oxygen atoms in total. The minimum Gasteiger partial charge on any atom is -0.478 e. The zero-order valence-corrected chi connectivity index (χ0v) is 11.3. The Kier molecular flexibility index (Phi) is 3.34. The van der Waals surface area contributed by atoms with Crippen molar-refractivity contribution in [1.29, 1.82) is 0 Å². The maximum absolute atomic E-state index is 11.0. The van der Waals surface area contributed by atoms with Crippen molar-refractivity contribution >= 4 is 17.3 Å². The predicted octanol–water partition coefficient (Wildman–Crippen LogP) is 4.17. The Labute approximate surface area is 115 Å². The van der Waals surface area contributed by atoms with Crippen LogP contribution in [0.2, 0.25) is 0 Å². The lowest BCUT2D eigenvalue weighted by Crippen LogP contribution is -1.96. The molecule has 2 aromatic rings. The van der Waals surface area contributed by atoms with Gasteiger partial charge in [0.2, 0.25) is 0 Å². The Bertz CT molecular complexity index is 600. The first kappa shape index (κ1) is 12.4. The van der Waals surface area contributed by atoms with Gasteiger partial charge in [0.1, 0.15) is 5.01 Å². The highest BCUT2D eigenvalue weighted by atomic mass is 32.1. The quantitative estimate of drug-likeness (QED) is 0.913. The van der Waals surface area contributed by atoms with Gasteiger partial charge >= 0.3 is 5.97 Å².